The van der Waals surface area contributed by atoms with Crippen molar-refractivity contribution in [1.82, 2.24) is 0 Å². The van der Waals surface area contributed by atoms with Crippen molar-refractivity contribution in [2.45, 2.75) is 10.2 Å². The number of hydrogen-bond donors (Lipinski definition) is 0. The maximum Gasteiger partial charge on any atom is 0.166 e. The van der Waals surface area contributed by atoms with E-state index in [1.165, 1.54) is 6.07 Å². The molecule has 0 aromatic heterocycles. The Morgan fingerprint density at radius 3 is 2.44 bits per heavy atom. The Labute approximate surface area is 118 Å². The topological polar surface area (TPSA) is 9.23 Å². The minimum absolute atomic E-state index is 0.247. The Balaban J connectivity index is 2.17. The van der Waals surface area contributed by atoms with Crippen molar-refractivity contribution < 1.29 is 9.13 Å². The fourth-order valence-electron chi connectivity index (χ4n) is 1.48. The summed E-state index contributed by atoms with van der Waals surface area (Å²) in [5.41, 5.74) is 0.887. The molecule has 0 unspecified atom stereocenters. The monoisotopic (exact) mass is 326 g/mol. The van der Waals surface area contributed by atoms with E-state index in [-0.39, 0.29) is 11.6 Å². The lowest BCUT2D eigenvalue weighted by molar-refractivity contribution is 0.441. The van der Waals surface area contributed by atoms with Crippen LogP contribution < -0.4 is 4.74 Å². The lowest BCUT2D eigenvalue weighted by Gasteiger charge is -2.08. The van der Waals surface area contributed by atoms with Crippen molar-refractivity contribution in [3.63, 3.8) is 0 Å². The van der Waals surface area contributed by atoms with Gasteiger partial charge in [-0.3, -0.25) is 0 Å². The number of halogens is 2. The van der Waals surface area contributed by atoms with Crippen LogP contribution in [-0.4, -0.2) is 6.26 Å². The molecule has 0 saturated heterocycles. The van der Waals surface area contributed by atoms with Crippen LogP contribution in [0.2, 0.25) is 0 Å². The Morgan fingerprint density at radius 2 is 1.89 bits per heavy atom. The highest BCUT2D eigenvalue weighted by molar-refractivity contribution is 9.08. The summed E-state index contributed by atoms with van der Waals surface area (Å²) in [6.45, 7) is 0. The molecule has 0 fully saturated rings. The van der Waals surface area contributed by atoms with Gasteiger partial charge in [0.2, 0.25) is 0 Å². The summed E-state index contributed by atoms with van der Waals surface area (Å²) >= 11 is 4.95. The van der Waals surface area contributed by atoms with Crippen molar-refractivity contribution in [3.8, 4) is 11.5 Å². The molecule has 0 aliphatic carbocycles. The second kappa shape index (κ2) is 6.25. The van der Waals surface area contributed by atoms with Gasteiger partial charge in [0.1, 0.15) is 5.75 Å². The van der Waals surface area contributed by atoms with E-state index in [9.17, 15) is 4.39 Å². The fraction of sp³-hybridized carbons (Fsp3) is 0.143. The molecule has 1 nitrogen and oxygen atoms in total. The molecule has 0 saturated carbocycles. The van der Waals surface area contributed by atoms with Gasteiger partial charge in [-0.2, -0.15) is 0 Å². The SMILES string of the molecule is CSc1ccc(Oc2ccc(CBr)cc2F)cc1. The molecule has 0 spiro atoms. The van der Waals surface area contributed by atoms with Gasteiger partial charge in [-0.15, -0.1) is 11.8 Å². The van der Waals surface area contributed by atoms with Gasteiger partial charge in [0, 0.05) is 10.2 Å². The second-order valence-corrected chi connectivity index (χ2v) is 5.12. The predicted octanol–water partition coefficient (Wildman–Crippen LogP) is 5.23. The highest BCUT2D eigenvalue weighted by Crippen LogP contribution is 2.27. The molecular formula is C14H12BrFOS. The number of alkyl halides is 1. The molecule has 18 heavy (non-hydrogen) atoms. The molecule has 94 valence electrons. The maximum atomic E-state index is 13.7. The van der Waals surface area contributed by atoms with E-state index >= 15 is 0 Å². The number of benzene rings is 2. The molecule has 0 heterocycles. The van der Waals surface area contributed by atoms with Crippen LogP contribution in [-0.2, 0) is 5.33 Å². The highest BCUT2D eigenvalue weighted by Gasteiger charge is 2.05. The summed E-state index contributed by atoms with van der Waals surface area (Å²) in [4.78, 5) is 1.15. The molecule has 0 aliphatic rings. The van der Waals surface area contributed by atoms with E-state index in [0.29, 0.717) is 11.1 Å². The zero-order valence-corrected chi connectivity index (χ0v) is 12.2. The molecule has 0 aliphatic heterocycles. The number of rotatable bonds is 4. The van der Waals surface area contributed by atoms with Crippen LogP contribution in [0.15, 0.2) is 47.4 Å². The summed E-state index contributed by atoms with van der Waals surface area (Å²) in [5, 5.41) is 0.632. The average molecular weight is 327 g/mol. The third-order valence-corrected chi connectivity index (χ3v) is 3.83. The van der Waals surface area contributed by atoms with Gasteiger partial charge in [-0.05, 0) is 48.2 Å². The minimum Gasteiger partial charge on any atom is -0.454 e. The molecule has 0 radical (unpaired) electrons. The number of ether oxygens (including phenoxy) is 1. The quantitative estimate of drug-likeness (QED) is 0.561. The van der Waals surface area contributed by atoms with Crippen LogP contribution in [0.4, 0.5) is 4.39 Å². The van der Waals surface area contributed by atoms with E-state index in [1.807, 2.05) is 36.6 Å². The second-order valence-electron chi connectivity index (χ2n) is 3.68. The van der Waals surface area contributed by atoms with Crippen molar-refractivity contribution in [3.05, 3.63) is 53.8 Å². The number of hydrogen-bond acceptors (Lipinski definition) is 2. The molecule has 2 aromatic carbocycles. The Kier molecular flexibility index (Phi) is 4.66. The molecule has 0 N–H and O–H groups in total. The lowest BCUT2D eigenvalue weighted by Crippen LogP contribution is -1.89. The van der Waals surface area contributed by atoms with E-state index in [2.05, 4.69) is 15.9 Å². The molecule has 2 rings (SSSR count). The highest BCUT2D eigenvalue weighted by atomic mass is 79.9. The zero-order valence-electron chi connectivity index (χ0n) is 9.82. The largest absolute Gasteiger partial charge is 0.454 e. The summed E-state index contributed by atoms with van der Waals surface area (Å²) in [6, 6.07) is 12.5. The normalized spacial score (nSPS) is 10.4. The first-order chi connectivity index (χ1) is 8.72. The first kappa shape index (κ1) is 13.4. The van der Waals surface area contributed by atoms with Crippen LogP contribution >= 0.6 is 27.7 Å². The Morgan fingerprint density at radius 1 is 1.17 bits per heavy atom. The third-order valence-electron chi connectivity index (χ3n) is 2.44. The van der Waals surface area contributed by atoms with Crippen LogP contribution in [0.3, 0.4) is 0 Å². The molecule has 0 bridgehead atoms. The van der Waals surface area contributed by atoms with Crippen molar-refractivity contribution >= 4 is 27.7 Å². The summed E-state index contributed by atoms with van der Waals surface area (Å²) in [6.07, 6.45) is 2.01. The summed E-state index contributed by atoms with van der Waals surface area (Å²) < 4.78 is 19.2. The van der Waals surface area contributed by atoms with Gasteiger partial charge in [0.25, 0.3) is 0 Å². The Hall–Kier alpha value is -1.00. The Bertz CT molecular complexity index is 528. The molecule has 4 heteroatoms. The third kappa shape index (κ3) is 3.27. The van der Waals surface area contributed by atoms with E-state index in [4.69, 9.17) is 4.74 Å². The van der Waals surface area contributed by atoms with Gasteiger partial charge >= 0.3 is 0 Å². The summed E-state index contributed by atoms with van der Waals surface area (Å²) in [7, 11) is 0. The average Bonchev–Trinajstić information content (AvgIpc) is 2.42. The van der Waals surface area contributed by atoms with E-state index < -0.39 is 0 Å². The van der Waals surface area contributed by atoms with Crippen LogP contribution in [0.25, 0.3) is 0 Å². The lowest BCUT2D eigenvalue weighted by atomic mass is 10.2. The van der Waals surface area contributed by atoms with Gasteiger partial charge < -0.3 is 4.74 Å². The molecule has 0 amide bonds. The minimum atomic E-state index is -0.346. The summed E-state index contributed by atoms with van der Waals surface area (Å²) in [5.74, 6) is 0.538. The van der Waals surface area contributed by atoms with Crippen molar-refractivity contribution in [2.24, 2.45) is 0 Å². The van der Waals surface area contributed by atoms with Gasteiger partial charge in [0.15, 0.2) is 11.6 Å². The first-order valence-electron chi connectivity index (χ1n) is 5.39. The van der Waals surface area contributed by atoms with Gasteiger partial charge in [-0.1, -0.05) is 22.0 Å². The van der Waals surface area contributed by atoms with Gasteiger partial charge in [0.05, 0.1) is 0 Å². The van der Waals surface area contributed by atoms with E-state index in [1.54, 1.807) is 17.8 Å². The zero-order chi connectivity index (χ0) is 13.0. The van der Waals surface area contributed by atoms with Crippen LogP contribution in [0.5, 0.6) is 11.5 Å². The maximum absolute atomic E-state index is 13.7. The van der Waals surface area contributed by atoms with Crippen LogP contribution in [0.1, 0.15) is 5.56 Å². The number of thioether (sulfide) groups is 1. The fourth-order valence-corrected chi connectivity index (χ4v) is 2.24. The van der Waals surface area contributed by atoms with Crippen LogP contribution in [0, 0.1) is 5.82 Å². The first-order valence-corrected chi connectivity index (χ1v) is 7.74. The molecular weight excluding hydrogens is 315 g/mol. The smallest absolute Gasteiger partial charge is 0.166 e. The van der Waals surface area contributed by atoms with E-state index in [0.717, 1.165) is 10.5 Å². The standard InChI is InChI=1S/C14H12BrFOS/c1-18-12-5-3-11(4-6-12)17-14-7-2-10(9-15)8-13(14)16/h2-8H,9H2,1H3. The van der Waals surface area contributed by atoms with Crippen molar-refractivity contribution in [2.75, 3.05) is 6.26 Å². The van der Waals surface area contributed by atoms with Gasteiger partial charge in [-0.25, -0.2) is 4.39 Å². The van der Waals surface area contributed by atoms with Crippen molar-refractivity contribution in [1.29, 1.82) is 0 Å². The molecule has 2 aromatic rings. The predicted molar refractivity (Wildman–Crippen MR) is 77.3 cm³/mol. The molecule has 0 atom stereocenters.